The summed E-state index contributed by atoms with van der Waals surface area (Å²) in [5, 5.41) is 0. The van der Waals surface area contributed by atoms with Crippen molar-refractivity contribution < 1.29 is 0 Å². The first kappa shape index (κ1) is 14.2. The van der Waals surface area contributed by atoms with Crippen LogP contribution in [0.15, 0.2) is 66.7 Å². The van der Waals surface area contributed by atoms with Crippen molar-refractivity contribution in [1.29, 1.82) is 0 Å². The van der Waals surface area contributed by atoms with E-state index in [1.807, 2.05) is 0 Å². The molecular formula is C24H21N3. The fraction of sp³-hybridized carbons (Fsp3) is 0.250. The van der Waals surface area contributed by atoms with Crippen LogP contribution in [0, 0.1) is 0 Å². The van der Waals surface area contributed by atoms with Crippen molar-refractivity contribution in [2.45, 2.75) is 24.0 Å². The third-order valence-electron chi connectivity index (χ3n) is 7.36. The third kappa shape index (κ3) is 1.41. The SMILES string of the molecule is CN1c2ccccc2C2c3cccc4c3C(C21)C1N(C)c2ccccc2N41. The second-order valence-corrected chi connectivity index (χ2v) is 8.33. The van der Waals surface area contributed by atoms with Crippen LogP contribution in [0.25, 0.3) is 0 Å². The zero-order valence-electron chi connectivity index (χ0n) is 15.5. The molecule has 0 aromatic heterocycles. The van der Waals surface area contributed by atoms with Crippen LogP contribution in [0.2, 0.25) is 0 Å². The Morgan fingerprint density at radius 3 is 2.15 bits per heavy atom. The van der Waals surface area contributed by atoms with Gasteiger partial charge in [-0.15, -0.1) is 0 Å². The number of nitrogens with zero attached hydrogens (tertiary/aromatic N) is 3. The predicted molar refractivity (Wildman–Crippen MR) is 110 cm³/mol. The lowest BCUT2D eigenvalue weighted by Crippen LogP contribution is -2.46. The molecule has 0 N–H and O–H groups in total. The Hall–Kier alpha value is -2.94. The molecule has 3 nitrogen and oxygen atoms in total. The quantitative estimate of drug-likeness (QED) is 0.583. The lowest BCUT2D eigenvalue weighted by atomic mass is 9.90. The van der Waals surface area contributed by atoms with Gasteiger partial charge in [0, 0.05) is 37.3 Å². The van der Waals surface area contributed by atoms with Gasteiger partial charge in [-0.2, -0.15) is 0 Å². The van der Waals surface area contributed by atoms with Crippen molar-refractivity contribution in [3.8, 4) is 0 Å². The Kier molecular flexibility index (Phi) is 2.35. The summed E-state index contributed by atoms with van der Waals surface area (Å²) in [4.78, 5) is 7.64. The van der Waals surface area contributed by atoms with Gasteiger partial charge in [-0.3, -0.25) is 0 Å². The Bertz CT molecular complexity index is 1040. The van der Waals surface area contributed by atoms with E-state index in [1.54, 1.807) is 11.1 Å². The molecule has 4 atom stereocenters. The number of para-hydroxylation sites is 3. The standard InChI is InChI=1S/C24H21N3/c1-25-16-10-4-3-8-14(16)20-15-9-7-13-19-21(15)22(23(20)25)24-26(2)17-11-5-6-12-18(17)27(19)24/h3-13,20,22-24H,1-2H3. The van der Waals surface area contributed by atoms with Crippen LogP contribution in [0.3, 0.4) is 0 Å². The topological polar surface area (TPSA) is 9.72 Å². The van der Waals surface area contributed by atoms with Crippen molar-refractivity contribution in [2.75, 3.05) is 28.8 Å². The highest BCUT2D eigenvalue weighted by Gasteiger charge is 2.59. The van der Waals surface area contributed by atoms with E-state index in [2.05, 4.69) is 95.5 Å². The number of anilines is 4. The molecule has 3 heterocycles. The molecule has 0 saturated heterocycles. The molecule has 0 bridgehead atoms. The highest BCUT2D eigenvalue weighted by atomic mass is 15.4. The second-order valence-electron chi connectivity index (χ2n) is 8.33. The number of hydrogen-bond acceptors (Lipinski definition) is 3. The van der Waals surface area contributed by atoms with E-state index in [0.29, 0.717) is 24.0 Å². The molecule has 3 heteroatoms. The lowest BCUT2D eigenvalue weighted by molar-refractivity contribution is 0.473. The fourth-order valence-electron chi connectivity index (χ4n) is 6.45. The number of hydrogen-bond donors (Lipinski definition) is 0. The fourth-order valence-corrected chi connectivity index (χ4v) is 6.45. The molecule has 4 aliphatic rings. The highest BCUT2D eigenvalue weighted by Crippen LogP contribution is 2.65. The molecule has 27 heavy (non-hydrogen) atoms. The van der Waals surface area contributed by atoms with Crippen LogP contribution in [-0.2, 0) is 0 Å². The molecule has 0 spiro atoms. The molecule has 4 unspecified atom stereocenters. The van der Waals surface area contributed by atoms with Gasteiger partial charge in [0.2, 0.25) is 0 Å². The molecular weight excluding hydrogens is 330 g/mol. The second kappa shape index (κ2) is 4.48. The molecule has 132 valence electrons. The monoisotopic (exact) mass is 351 g/mol. The summed E-state index contributed by atoms with van der Waals surface area (Å²) in [5.74, 6) is 0.987. The third-order valence-corrected chi connectivity index (χ3v) is 7.36. The molecule has 0 amide bonds. The molecule has 3 aromatic rings. The maximum atomic E-state index is 2.59. The minimum Gasteiger partial charge on any atom is -0.370 e. The van der Waals surface area contributed by atoms with Gasteiger partial charge < -0.3 is 14.7 Å². The minimum absolute atomic E-state index is 0.366. The predicted octanol–water partition coefficient (Wildman–Crippen LogP) is 4.66. The van der Waals surface area contributed by atoms with E-state index in [0.717, 1.165) is 0 Å². The van der Waals surface area contributed by atoms with Crippen LogP contribution < -0.4 is 14.7 Å². The van der Waals surface area contributed by atoms with Crippen molar-refractivity contribution in [3.63, 3.8) is 0 Å². The maximum Gasteiger partial charge on any atom is 0.115 e. The van der Waals surface area contributed by atoms with E-state index >= 15 is 0 Å². The Labute approximate surface area is 159 Å². The first-order valence-electron chi connectivity index (χ1n) is 9.83. The van der Waals surface area contributed by atoms with E-state index in [1.165, 1.54) is 28.3 Å². The molecule has 1 aliphatic carbocycles. The summed E-state index contributed by atoms with van der Waals surface area (Å²) >= 11 is 0. The van der Waals surface area contributed by atoms with Crippen molar-refractivity contribution >= 4 is 22.7 Å². The first-order chi connectivity index (χ1) is 13.3. The summed E-state index contributed by atoms with van der Waals surface area (Å²) in [7, 11) is 4.56. The number of benzene rings is 3. The highest BCUT2D eigenvalue weighted by molar-refractivity contribution is 5.90. The van der Waals surface area contributed by atoms with Crippen LogP contribution in [0.4, 0.5) is 22.7 Å². The van der Waals surface area contributed by atoms with Gasteiger partial charge >= 0.3 is 0 Å². The molecule has 7 rings (SSSR count). The van der Waals surface area contributed by atoms with E-state index < -0.39 is 0 Å². The smallest absolute Gasteiger partial charge is 0.115 e. The van der Waals surface area contributed by atoms with Gasteiger partial charge in [-0.1, -0.05) is 42.5 Å². The van der Waals surface area contributed by atoms with Crippen LogP contribution in [0.1, 0.15) is 28.5 Å². The zero-order chi connectivity index (χ0) is 17.9. The van der Waals surface area contributed by atoms with E-state index in [-0.39, 0.29) is 0 Å². The number of rotatable bonds is 0. The first-order valence-corrected chi connectivity index (χ1v) is 9.83. The molecule has 0 saturated carbocycles. The lowest BCUT2D eigenvalue weighted by Gasteiger charge is -2.35. The van der Waals surface area contributed by atoms with Gasteiger partial charge in [0.1, 0.15) is 6.17 Å². The molecule has 3 aromatic carbocycles. The summed E-state index contributed by atoms with van der Waals surface area (Å²) < 4.78 is 0. The largest absolute Gasteiger partial charge is 0.370 e. The Morgan fingerprint density at radius 1 is 0.630 bits per heavy atom. The summed E-state index contributed by atoms with van der Waals surface area (Å²) in [6, 6.07) is 25.3. The Balaban J connectivity index is 1.51. The summed E-state index contributed by atoms with van der Waals surface area (Å²) in [6.07, 6.45) is 0.366. The molecule has 3 aliphatic heterocycles. The van der Waals surface area contributed by atoms with Gasteiger partial charge in [-0.05, 0) is 41.0 Å². The maximum absolute atomic E-state index is 2.59. The minimum atomic E-state index is 0.366. The van der Waals surface area contributed by atoms with Gasteiger partial charge in [-0.25, -0.2) is 0 Å². The van der Waals surface area contributed by atoms with Crippen molar-refractivity contribution in [1.82, 2.24) is 0 Å². The van der Waals surface area contributed by atoms with Gasteiger partial charge in [0.25, 0.3) is 0 Å². The normalized spacial score (nSPS) is 28.1. The van der Waals surface area contributed by atoms with Gasteiger partial charge in [0.15, 0.2) is 0 Å². The van der Waals surface area contributed by atoms with Gasteiger partial charge in [0.05, 0.1) is 17.4 Å². The van der Waals surface area contributed by atoms with E-state index in [4.69, 9.17) is 0 Å². The van der Waals surface area contributed by atoms with Crippen LogP contribution in [0.5, 0.6) is 0 Å². The summed E-state index contributed by atoms with van der Waals surface area (Å²) in [5.41, 5.74) is 10.1. The molecule has 0 fully saturated rings. The molecule has 0 radical (unpaired) electrons. The van der Waals surface area contributed by atoms with Crippen LogP contribution >= 0.6 is 0 Å². The van der Waals surface area contributed by atoms with Crippen molar-refractivity contribution in [3.05, 3.63) is 83.4 Å². The average Bonchev–Trinajstić information content (AvgIpc) is 3.39. The average molecular weight is 351 g/mol. The number of likely N-dealkylation sites (N-methyl/N-ethyl adjacent to an activating group) is 2. The van der Waals surface area contributed by atoms with E-state index in [9.17, 15) is 0 Å². The Morgan fingerprint density at radius 2 is 1.30 bits per heavy atom. The number of fused-ring (bicyclic) bond motifs is 10. The van der Waals surface area contributed by atoms with Crippen LogP contribution in [-0.4, -0.2) is 26.3 Å². The summed E-state index contributed by atoms with van der Waals surface area (Å²) in [6.45, 7) is 0. The zero-order valence-corrected chi connectivity index (χ0v) is 15.5. The van der Waals surface area contributed by atoms with Crippen molar-refractivity contribution in [2.24, 2.45) is 0 Å².